The Morgan fingerprint density at radius 1 is 1.42 bits per heavy atom. The highest BCUT2D eigenvalue weighted by atomic mass is 16.1. The fourth-order valence-corrected chi connectivity index (χ4v) is 1.62. The molecule has 0 radical (unpaired) electrons. The number of amides is 1. The third-order valence-corrected chi connectivity index (χ3v) is 2.56. The zero-order valence-electron chi connectivity index (χ0n) is 10.4. The van der Waals surface area contributed by atoms with E-state index in [1.165, 1.54) is 0 Å². The van der Waals surface area contributed by atoms with Crippen LogP contribution < -0.4 is 16.6 Å². The molecule has 19 heavy (non-hydrogen) atoms. The van der Waals surface area contributed by atoms with Gasteiger partial charge in [0.25, 0.3) is 5.91 Å². The van der Waals surface area contributed by atoms with Gasteiger partial charge in [0.1, 0.15) is 17.3 Å². The molecule has 0 aliphatic rings. The van der Waals surface area contributed by atoms with Crippen LogP contribution in [0.1, 0.15) is 22.7 Å². The largest absolute Gasteiger partial charge is 0.351 e. The number of anilines is 1. The molecule has 0 bridgehead atoms. The molecule has 7 nitrogen and oxygen atoms in total. The number of pyridine rings is 1. The minimum atomic E-state index is -0.212. The molecule has 0 saturated carbocycles. The van der Waals surface area contributed by atoms with Crippen LogP contribution >= 0.6 is 0 Å². The molecular weight excluding hydrogens is 244 g/mol. The first-order valence-corrected chi connectivity index (χ1v) is 5.99. The number of nitrogens with two attached hydrogens (primary N) is 1. The van der Waals surface area contributed by atoms with Crippen molar-refractivity contribution >= 4 is 11.7 Å². The second-order valence-corrected chi connectivity index (χ2v) is 3.95. The molecule has 5 N–H and O–H groups in total. The van der Waals surface area contributed by atoms with Crippen molar-refractivity contribution in [1.82, 2.24) is 20.3 Å². The van der Waals surface area contributed by atoms with Crippen LogP contribution in [0.25, 0.3) is 0 Å². The van der Waals surface area contributed by atoms with Gasteiger partial charge in [-0.05, 0) is 18.6 Å². The summed E-state index contributed by atoms with van der Waals surface area (Å²) < 4.78 is 0. The number of nitrogen functional groups attached to an aromatic ring is 1. The zero-order chi connectivity index (χ0) is 13.5. The number of aromatic nitrogens is 3. The maximum absolute atomic E-state index is 11.8. The van der Waals surface area contributed by atoms with Gasteiger partial charge in [-0.1, -0.05) is 6.07 Å². The molecule has 2 aromatic rings. The standard InChI is InChI=1S/C12H16N6O/c13-18-11-4-1-3-9(17-11)12(19)16-6-2-5-10-14-7-8-15-10/h1,3-4,7-8H,2,5-6,13H2,(H,14,15)(H,16,19)(H,17,18). The van der Waals surface area contributed by atoms with Gasteiger partial charge < -0.3 is 15.7 Å². The Morgan fingerprint density at radius 3 is 3.05 bits per heavy atom. The summed E-state index contributed by atoms with van der Waals surface area (Å²) in [5.74, 6) is 6.41. The monoisotopic (exact) mass is 260 g/mol. The lowest BCUT2D eigenvalue weighted by atomic mass is 10.3. The van der Waals surface area contributed by atoms with E-state index in [9.17, 15) is 4.79 Å². The van der Waals surface area contributed by atoms with Crippen LogP contribution in [0.2, 0.25) is 0 Å². The average molecular weight is 260 g/mol. The van der Waals surface area contributed by atoms with Crippen LogP contribution in [0.4, 0.5) is 5.82 Å². The van der Waals surface area contributed by atoms with Crippen LogP contribution in [0, 0.1) is 0 Å². The first-order valence-electron chi connectivity index (χ1n) is 5.99. The Labute approximate surface area is 110 Å². The zero-order valence-corrected chi connectivity index (χ0v) is 10.4. The Bertz CT molecular complexity index is 525. The normalized spacial score (nSPS) is 10.2. The molecule has 1 amide bonds. The van der Waals surface area contributed by atoms with E-state index in [0.717, 1.165) is 18.7 Å². The van der Waals surface area contributed by atoms with Gasteiger partial charge in [0.2, 0.25) is 0 Å². The number of carbonyl (C=O) groups excluding carboxylic acids is 1. The maximum atomic E-state index is 11.8. The molecule has 0 atom stereocenters. The molecular formula is C12H16N6O. The van der Waals surface area contributed by atoms with E-state index in [0.29, 0.717) is 18.1 Å². The summed E-state index contributed by atoms with van der Waals surface area (Å²) in [6, 6.07) is 5.05. The number of hydrazine groups is 1. The van der Waals surface area contributed by atoms with E-state index < -0.39 is 0 Å². The van der Waals surface area contributed by atoms with Gasteiger partial charge >= 0.3 is 0 Å². The number of aryl methyl sites for hydroxylation is 1. The highest BCUT2D eigenvalue weighted by molar-refractivity contribution is 5.92. The molecule has 0 aromatic carbocycles. The van der Waals surface area contributed by atoms with Crippen molar-refractivity contribution in [3.63, 3.8) is 0 Å². The van der Waals surface area contributed by atoms with Crippen LogP contribution in [0.3, 0.4) is 0 Å². The first kappa shape index (κ1) is 13.0. The molecule has 0 aliphatic heterocycles. The molecule has 0 fully saturated rings. The van der Waals surface area contributed by atoms with Crippen molar-refractivity contribution in [3.05, 3.63) is 42.1 Å². The smallest absolute Gasteiger partial charge is 0.269 e. The minimum Gasteiger partial charge on any atom is -0.351 e. The van der Waals surface area contributed by atoms with Gasteiger partial charge in [0, 0.05) is 25.4 Å². The minimum absolute atomic E-state index is 0.212. The van der Waals surface area contributed by atoms with E-state index >= 15 is 0 Å². The summed E-state index contributed by atoms with van der Waals surface area (Å²) >= 11 is 0. The van der Waals surface area contributed by atoms with Crippen molar-refractivity contribution in [3.8, 4) is 0 Å². The van der Waals surface area contributed by atoms with Crippen molar-refractivity contribution in [2.45, 2.75) is 12.8 Å². The second kappa shape index (κ2) is 6.50. The second-order valence-electron chi connectivity index (χ2n) is 3.95. The number of nitrogens with zero attached hydrogens (tertiary/aromatic N) is 2. The highest BCUT2D eigenvalue weighted by Gasteiger charge is 2.06. The van der Waals surface area contributed by atoms with Crippen molar-refractivity contribution in [1.29, 1.82) is 0 Å². The van der Waals surface area contributed by atoms with Gasteiger partial charge in [0.15, 0.2) is 0 Å². The molecule has 2 heterocycles. The van der Waals surface area contributed by atoms with E-state index in [4.69, 9.17) is 5.84 Å². The summed E-state index contributed by atoms with van der Waals surface area (Å²) in [5, 5.41) is 2.80. The van der Waals surface area contributed by atoms with E-state index in [-0.39, 0.29) is 5.91 Å². The van der Waals surface area contributed by atoms with Gasteiger partial charge in [-0.2, -0.15) is 0 Å². The number of H-pyrrole nitrogens is 1. The quantitative estimate of drug-likeness (QED) is 0.342. The molecule has 100 valence electrons. The first-order chi connectivity index (χ1) is 9.29. The van der Waals surface area contributed by atoms with Crippen LogP contribution in [0.15, 0.2) is 30.6 Å². The van der Waals surface area contributed by atoms with E-state index in [1.807, 2.05) is 0 Å². The molecule has 7 heteroatoms. The molecule has 0 saturated heterocycles. The van der Waals surface area contributed by atoms with Crippen molar-refractivity contribution < 1.29 is 4.79 Å². The fourth-order valence-electron chi connectivity index (χ4n) is 1.62. The third kappa shape index (κ3) is 3.78. The maximum Gasteiger partial charge on any atom is 0.269 e. The third-order valence-electron chi connectivity index (χ3n) is 2.56. The number of hydrogen-bond acceptors (Lipinski definition) is 5. The van der Waals surface area contributed by atoms with Gasteiger partial charge in [-0.25, -0.2) is 15.8 Å². The topological polar surface area (TPSA) is 109 Å². The number of imidazole rings is 1. The molecule has 0 aliphatic carbocycles. The van der Waals surface area contributed by atoms with Gasteiger partial charge in [-0.3, -0.25) is 4.79 Å². The molecule has 0 unspecified atom stereocenters. The molecule has 2 rings (SSSR count). The Kier molecular flexibility index (Phi) is 4.46. The van der Waals surface area contributed by atoms with E-state index in [2.05, 4.69) is 25.7 Å². The summed E-state index contributed by atoms with van der Waals surface area (Å²) in [7, 11) is 0. The van der Waals surface area contributed by atoms with Crippen molar-refractivity contribution in [2.24, 2.45) is 5.84 Å². The number of aromatic amines is 1. The fraction of sp³-hybridized carbons (Fsp3) is 0.250. The van der Waals surface area contributed by atoms with Crippen LogP contribution in [-0.2, 0) is 6.42 Å². The summed E-state index contributed by atoms with van der Waals surface area (Å²) in [4.78, 5) is 23.0. The summed E-state index contributed by atoms with van der Waals surface area (Å²) in [6.07, 6.45) is 5.10. The number of rotatable bonds is 6. The summed E-state index contributed by atoms with van der Waals surface area (Å²) in [5.41, 5.74) is 2.75. The number of carbonyl (C=O) groups is 1. The lowest BCUT2D eigenvalue weighted by molar-refractivity contribution is 0.0948. The Morgan fingerprint density at radius 2 is 2.32 bits per heavy atom. The van der Waals surface area contributed by atoms with Gasteiger partial charge in [0.05, 0.1) is 0 Å². The van der Waals surface area contributed by atoms with Gasteiger partial charge in [-0.15, -0.1) is 0 Å². The number of hydrogen-bond donors (Lipinski definition) is 4. The average Bonchev–Trinajstić information content (AvgIpc) is 2.96. The lowest BCUT2D eigenvalue weighted by Gasteiger charge is -2.05. The number of nitrogens with one attached hydrogen (secondary N) is 3. The SMILES string of the molecule is NNc1cccc(C(=O)NCCCc2ncc[nH]2)n1. The molecule has 0 spiro atoms. The van der Waals surface area contributed by atoms with Crippen molar-refractivity contribution in [2.75, 3.05) is 12.0 Å². The Balaban J connectivity index is 1.77. The highest BCUT2D eigenvalue weighted by Crippen LogP contribution is 2.03. The Hall–Kier alpha value is -2.41. The predicted molar refractivity (Wildman–Crippen MR) is 71.3 cm³/mol. The van der Waals surface area contributed by atoms with Crippen LogP contribution in [-0.4, -0.2) is 27.4 Å². The molecule has 2 aromatic heterocycles. The van der Waals surface area contributed by atoms with E-state index in [1.54, 1.807) is 30.6 Å². The lowest BCUT2D eigenvalue weighted by Crippen LogP contribution is -2.26. The van der Waals surface area contributed by atoms with Crippen LogP contribution in [0.5, 0.6) is 0 Å². The predicted octanol–water partition coefficient (Wildman–Crippen LogP) is 0.453. The summed E-state index contributed by atoms with van der Waals surface area (Å²) in [6.45, 7) is 0.571.